The lowest BCUT2D eigenvalue weighted by Crippen LogP contribution is -2.36. The molecule has 3 rings (SSSR count). The zero-order valence-corrected chi connectivity index (χ0v) is 17.7. The van der Waals surface area contributed by atoms with Gasteiger partial charge in [0.05, 0.1) is 0 Å². The Bertz CT molecular complexity index is 1020. The largest absolute Gasteiger partial charge is 0.454 e. The van der Waals surface area contributed by atoms with E-state index in [0.29, 0.717) is 16.8 Å². The molecule has 0 heterocycles. The quantitative estimate of drug-likeness (QED) is 0.413. The monoisotopic (exact) mass is 434 g/mol. The first-order valence-electron chi connectivity index (χ1n) is 9.58. The molecule has 158 valence electrons. The van der Waals surface area contributed by atoms with Gasteiger partial charge in [-0.15, -0.1) is 11.8 Å². The van der Waals surface area contributed by atoms with E-state index in [9.17, 15) is 14.4 Å². The summed E-state index contributed by atoms with van der Waals surface area (Å²) in [7, 11) is 0. The lowest BCUT2D eigenvalue weighted by molar-refractivity contribution is -0.149. The van der Waals surface area contributed by atoms with Crippen molar-refractivity contribution in [2.24, 2.45) is 0 Å². The molecule has 2 N–H and O–H groups in total. The van der Waals surface area contributed by atoms with E-state index in [1.165, 1.54) is 0 Å². The molecular formula is C24H22N2O4S. The van der Waals surface area contributed by atoms with Gasteiger partial charge in [-0.25, -0.2) is 4.79 Å². The molecule has 7 heteroatoms. The van der Waals surface area contributed by atoms with E-state index >= 15 is 0 Å². The minimum absolute atomic E-state index is 0.412. The van der Waals surface area contributed by atoms with Gasteiger partial charge in [0.25, 0.3) is 11.8 Å². The predicted octanol–water partition coefficient (Wildman–Crippen LogP) is 4.06. The zero-order chi connectivity index (χ0) is 22.1. The molecule has 3 aromatic rings. The van der Waals surface area contributed by atoms with Gasteiger partial charge >= 0.3 is 5.97 Å². The number of nitrogens with one attached hydrogen (secondary N) is 2. The minimum atomic E-state index is -1.04. The number of benzene rings is 3. The second kappa shape index (κ2) is 11.0. The standard InChI is InChI=1S/C24H22N2O4S/c1-31-20-14-12-19(13-15-20)25-21(27)16-30-24(29)22(17-8-4-2-5-9-17)26-23(28)18-10-6-3-7-11-18/h2-15,22H,16H2,1H3,(H,25,27)(H,26,28). The summed E-state index contributed by atoms with van der Waals surface area (Å²) < 4.78 is 5.20. The molecule has 0 aromatic heterocycles. The van der Waals surface area contributed by atoms with Crippen LogP contribution in [-0.4, -0.2) is 30.6 Å². The Hall–Kier alpha value is -3.58. The summed E-state index contributed by atoms with van der Waals surface area (Å²) in [5, 5.41) is 5.37. The minimum Gasteiger partial charge on any atom is -0.454 e. The Kier molecular flexibility index (Phi) is 7.84. The van der Waals surface area contributed by atoms with Gasteiger partial charge in [0.15, 0.2) is 12.6 Å². The number of esters is 1. The SMILES string of the molecule is CSc1ccc(NC(=O)COC(=O)C(NC(=O)c2ccccc2)c2ccccc2)cc1. The van der Waals surface area contributed by atoms with Gasteiger partial charge in [0.2, 0.25) is 0 Å². The van der Waals surface area contributed by atoms with Crippen LogP contribution in [0.3, 0.4) is 0 Å². The van der Waals surface area contributed by atoms with Crippen LogP contribution >= 0.6 is 11.8 Å². The first kappa shape index (κ1) is 22.1. The molecule has 2 amide bonds. The molecule has 0 aliphatic rings. The van der Waals surface area contributed by atoms with Crippen molar-refractivity contribution in [3.63, 3.8) is 0 Å². The molecule has 0 spiro atoms. The summed E-state index contributed by atoms with van der Waals surface area (Å²) >= 11 is 1.60. The zero-order valence-electron chi connectivity index (χ0n) is 16.9. The van der Waals surface area contributed by atoms with Crippen LogP contribution in [-0.2, 0) is 14.3 Å². The molecule has 3 aromatic carbocycles. The highest BCUT2D eigenvalue weighted by Gasteiger charge is 2.25. The fourth-order valence-corrected chi connectivity index (χ4v) is 3.23. The molecule has 0 saturated carbocycles. The number of hydrogen-bond donors (Lipinski definition) is 2. The van der Waals surface area contributed by atoms with Crippen molar-refractivity contribution in [1.82, 2.24) is 5.32 Å². The summed E-state index contributed by atoms with van der Waals surface area (Å²) in [4.78, 5) is 38.6. The van der Waals surface area contributed by atoms with Gasteiger partial charge < -0.3 is 15.4 Å². The second-order valence-electron chi connectivity index (χ2n) is 6.57. The van der Waals surface area contributed by atoms with Crippen molar-refractivity contribution in [3.05, 3.63) is 96.1 Å². The van der Waals surface area contributed by atoms with E-state index in [-0.39, 0.29) is 0 Å². The molecule has 6 nitrogen and oxygen atoms in total. The molecule has 0 bridgehead atoms. The Balaban J connectivity index is 1.64. The number of rotatable bonds is 8. The van der Waals surface area contributed by atoms with E-state index in [0.717, 1.165) is 4.90 Å². The Morgan fingerprint density at radius 1 is 0.871 bits per heavy atom. The van der Waals surface area contributed by atoms with Crippen LogP contribution in [0.15, 0.2) is 89.8 Å². The number of anilines is 1. The van der Waals surface area contributed by atoms with Crippen molar-refractivity contribution in [2.45, 2.75) is 10.9 Å². The number of carbonyl (C=O) groups excluding carboxylic acids is 3. The van der Waals surface area contributed by atoms with Crippen LogP contribution in [0.2, 0.25) is 0 Å². The van der Waals surface area contributed by atoms with Crippen molar-refractivity contribution in [2.75, 3.05) is 18.2 Å². The fourth-order valence-electron chi connectivity index (χ4n) is 2.82. The Morgan fingerprint density at radius 2 is 1.48 bits per heavy atom. The molecule has 31 heavy (non-hydrogen) atoms. The second-order valence-corrected chi connectivity index (χ2v) is 7.45. The summed E-state index contributed by atoms with van der Waals surface area (Å²) in [6.45, 7) is -0.465. The van der Waals surface area contributed by atoms with E-state index in [1.807, 2.05) is 18.4 Å². The fraction of sp³-hybridized carbons (Fsp3) is 0.125. The topological polar surface area (TPSA) is 84.5 Å². The van der Waals surface area contributed by atoms with Crippen molar-refractivity contribution >= 4 is 35.2 Å². The van der Waals surface area contributed by atoms with Gasteiger partial charge in [0, 0.05) is 16.1 Å². The van der Waals surface area contributed by atoms with Crippen molar-refractivity contribution < 1.29 is 19.1 Å². The maximum absolute atomic E-state index is 12.7. The number of hydrogen-bond acceptors (Lipinski definition) is 5. The highest BCUT2D eigenvalue weighted by molar-refractivity contribution is 7.98. The third-order valence-corrected chi connectivity index (χ3v) is 5.14. The van der Waals surface area contributed by atoms with Crippen LogP contribution in [0, 0.1) is 0 Å². The lowest BCUT2D eigenvalue weighted by Gasteiger charge is -2.18. The maximum Gasteiger partial charge on any atom is 0.333 e. The van der Waals surface area contributed by atoms with Crippen LogP contribution in [0.4, 0.5) is 5.69 Å². The van der Waals surface area contributed by atoms with E-state index in [2.05, 4.69) is 10.6 Å². The average Bonchev–Trinajstić information content (AvgIpc) is 2.82. The molecule has 1 unspecified atom stereocenters. The van der Waals surface area contributed by atoms with E-state index < -0.39 is 30.4 Å². The summed E-state index contributed by atoms with van der Waals surface area (Å²) in [5.74, 6) is -1.60. The molecule has 0 aliphatic heterocycles. The summed E-state index contributed by atoms with van der Waals surface area (Å²) in [6, 6.07) is 23.6. The molecule has 1 atom stereocenters. The Labute approximate surface area is 185 Å². The van der Waals surface area contributed by atoms with Gasteiger partial charge in [0.1, 0.15) is 0 Å². The highest BCUT2D eigenvalue weighted by Crippen LogP contribution is 2.18. The number of carbonyl (C=O) groups is 3. The van der Waals surface area contributed by atoms with Crippen LogP contribution in [0.25, 0.3) is 0 Å². The summed E-state index contributed by atoms with van der Waals surface area (Å²) in [6.07, 6.45) is 1.97. The molecule has 0 aliphatic carbocycles. The highest BCUT2D eigenvalue weighted by atomic mass is 32.2. The molecule has 0 radical (unpaired) electrons. The predicted molar refractivity (Wildman–Crippen MR) is 121 cm³/mol. The maximum atomic E-state index is 12.7. The van der Waals surface area contributed by atoms with Gasteiger partial charge in [-0.3, -0.25) is 9.59 Å². The van der Waals surface area contributed by atoms with Crippen LogP contribution < -0.4 is 10.6 Å². The third-order valence-electron chi connectivity index (χ3n) is 4.40. The summed E-state index contributed by atoms with van der Waals surface area (Å²) in [5.41, 5.74) is 1.59. The number of amides is 2. The van der Waals surface area contributed by atoms with Gasteiger partial charge in [-0.2, -0.15) is 0 Å². The molecule has 0 saturated heterocycles. The normalized spacial score (nSPS) is 11.3. The van der Waals surface area contributed by atoms with E-state index in [4.69, 9.17) is 4.74 Å². The number of ether oxygens (including phenoxy) is 1. The van der Waals surface area contributed by atoms with Gasteiger partial charge in [-0.05, 0) is 48.2 Å². The van der Waals surface area contributed by atoms with Crippen LogP contribution in [0.5, 0.6) is 0 Å². The van der Waals surface area contributed by atoms with E-state index in [1.54, 1.807) is 84.6 Å². The number of thioether (sulfide) groups is 1. The lowest BCUT2D eigenvalue weighted by atomic mass is 10.1. The average molecular weight is 435 g/mol. The Morgan fingerprint density at radius 3 is 2.10 bits per heavy atom. The van der Waals surface area contributed by atoms with Gasteiger partial charge in [-0.1, -0.05) is 48.5 Å². The smallest absolute Gasteiger partial charge is 0.333 e. The van der Waals surface area contributed by atoms with Crippen molar-refractivity contribution in [1.29, 1.82) is 0 Å². The van der Waals surface area contributed by atoms with Crippen molar-refractivity contribution in [3.8, 4) is 0 Å². The molecular weight excluding hydrogens is 412 g/mol. The first-order chi connectivity index (χ1) is 15.1. The first-order valence-corrected chi connectivity index (χ1v) is 10.8. The molecule has 0 fully saturated rings. The van der Waals surface area contributed by atoms with Crippen LogP contribution in [0.1, 0.15) is 22.0 Å². The third kappa shape index (κ3) is 6.45.